The minimum absolute atomic E-state index is 0.0194. The first kappa shape index (κ1) is 23.4. The first-order valence-corrected chi connectivity index (χ1v) is 12.8. The Morgan fingerprint density at radius 2 is 1.97 bits per heavy atom. The maximum atomic E-state index is 13.1. The van der Waals surface area contributed by atoms with Gasteiger partial charge < -0.3 is 9.47 Å². The van der Waals surface area contributed by atoms with E-state index in [0.717, 1.165) is 48.9 Å². The summed E-state index contributed by atoms with van der Waals surface area (Å²) in [5, 5.41) is 1.28. The Bertz CT molecular complexity index is 1250. The van der Waals surface area contributed by atoms with Crippen LogP contribution in [-0.2, 0) is 4.79 Å². The van der Waals surface area contributed by atoms with Gasteiger partial charge >= 0.3 is 0 Å². The second-order valence-electron chi connectivity index (χ2n) is 9.45. The zero-order valence-corrected chi connectivity index (χ0v) is 21.2. The molecule has 3 aromatic rings. The molecule has 7 heteroatoms. The molecule has 0 radical (unpaired) electrons. The van der Waals surface area contributed by atoms with Crippen LogP contribution in [0.25, 0.3) is 16.6 Å². The molecule has 1 fully saturated rings. The van der Waals surface area contributed by atoms with Crippen molar-refractivity contribution >= 4 is 45.7 Å². The number of carbonyl (C=O) groups excluding carboxylic acids is 1. The van der Waals surface area contributed by atoms with Crippen LogP contribution in [0.5, 0.6) is 0 Å². The molecule has 5 nitrogen and oxygen atoms in total. The van der Waals surface area contributed by atoms with Crippen molar-refractivity contribution in [2.45, 2.75) is 44.7 Å². The van der Waals surface area contributed by atoms with Gasteiger partial charge in [-0.3, -0.25) is 9.69 Å². The molecule has 5 rings (SSSR count). The molecule has 0 saturated carbocycles. The van der Waals surface area contributed by atoms with Crippen molar-refractivity contribution in [1.29, 1.82) is 0 Å². The van der Waals surface area contributed by atoms with Crippen LogP contribution in [0.1, 0.15) is 49.8 Å². The Labute approximate surface area is 211 Å². The summed E-state index contributed by atoms with van der Waals surface area (Å²) in [6, 6.07) is 12.1. The monoisotopic (exact) mass is 496 g/mol. The maximum absolute atomic E-state index is 13.1. The fourth-order valence-corrected chi connectivity index (χ4v) is 5.82. The number of aromatic nitrogens is 2. The quantitative estimate of drug-likeness (QED) is 0.441. The molecule has 2 aliphatic rings. The molecular formula is C27H30Cl2N4O. The van der Waals surface area contributed by atoms with Gasteiger partial charge in [0.1, 0.15) is 0 Å². The lowest BCUT2D eigenvalue weighted by Crippen LogP contribution is -2.50. The summed E-state index contributed by atoms with van der Waals surface area (Å²) in [7, 11) is 2.07. The van der Waals surface area contributed by atoms with Crippen molar-refractivity contribution in [2.75, 3.05) is 26.7 Å². The predicted molar refractivity (Wildman–Crippen MR) is 139 cm³/mol. The predicted octanol–water partition coefficient (Wildman–Crippen LogP) is 6.05. The van der Waals surface area contributed by atoms with Crippen LogP contribution in [0.4, 0.5) is 0 Å². The van der Waals surface area contributed by atoms with E-state index >= 15 is 0 Å². The van der Waals surface area contributed by atoms with Crippen LogP contribution in [0.2, 0.25) is 10.0 Å². The van der Waals surface area contributed by atoms with E-state index in [1.807, 2.05) is 23.4 Å². The van der Waals surface area contributed by atoms with Gasteiger partial charge in [-0.05, 0) is 80.7 Å². The molecule has 1 unspecified atom stereocenters. The maximum Gasteiger partial charge on any atom is 0.240 e. The molecule has 0 bridgehead atoms. The number of halogens is 2. The highest BCUT2D eigenvalue weighted by Gasteiger charge is 2.30. The third kappa shape index (κ3) is 4.49. The number of piperidine rings is 1. The van der Waals surface area contributed by atoms with Crippen molar-refractivity contribution < 1.29 is 4.79 Å². The van der Waals surface area contributed by atoms with Crippen LogP contribution >= 0.6 is 23.2 Å². The number of nitrogens with zero attached hydrogens (tertiary/aromatic N) is 4. The minimum atomic E-state index is 0.0194. The number of likely N-dealkylation sites (tertiary alicyclic amines) is 1. The summed E-state index contributed by atoms with van der Waals surface area (Å²) in [5.74, 6) is 0.277. The van der Waals surface area contributed by atoms with Gasteiger partial charge in [0.15, 0.2) is 0 Å². The summed E-state index contributed by atoms with van der Waals surface area (Å²) in [6.45, 7) is 4.57. The van der Waals surface area contributed by atoms with Gasteiger partial charge in [0, 0.05) is 23.1 Å². The van der Waals surface area contributed by atoms with Crippen LogP contribution in [0, 0.1) is 0 Å². The van der Waals surface area contributed by atoms with E-state index in [2.05, 4.69) is 52.7 Å². The Morgan fingerprint density at radius 3 is 2.71 bits per heavy atom. The zero-order valence-electron chi connectivity index (χ0n) is 19.7. The molecule has 1 aromatic heterocycles. The van der Waals surface area contributed by atoms with E-state index in [4.69, 9.17) is 23.2 Å². The fourth-order valence-electron chi connectivity index (χ4n) is 5.25. The number of hydrogen-bond donors (Lipinski definition) is 0. The molecule has 1 amide bonds. The fraction of sp³-hybridized carbons (Fsp3) is 0.407. The van der Waals surface area contributed by atoms with Gasteiger partial charge in [0.2, 0.25) is 5.91 Å². The average Bonchev–Trinajstić information content (AvgIpc) is 3.27. The number of likely N-dealkylation sites (N-methyl/N-ethyl adjacent to an activating group) is 1. The first-order chi connectivity index (χ1) is 16.4. The number of hydrogen-bond acceptors (Lipinski definition) is 3. The molecule has 0 spiro atoms. The molecule has 1 saturated heterocycles. The molecule has 2 aliphatic heterocycles. The van der Waals surface area contributed by atoms with Gasteiger partial charge in [-0.25, -0.2) is 4.98 Å². The Balaban J connectivity index is 1.37. The summed E-state index contributed by atoms with van der Waals surface area (Å²) >= 11 is 12.6. The average molecular weight is 497 g/mol. The molecular weight excluding hydrogens is 467 g/mol. The highest BCUT2D eigenvalue weighted by atomic mass is 35.5. The first-order valence-electron chi connectivity index (χ1n) is 12.0. The Hall–Kier alpha value is -2.34. The normalized spacial score (nSPS) is 20.4. The summed E-state index contributed by atoms with van der Waals surface area (Å²) in [5.41, 5.74) is 5.50. The minimum Gasteiger partial charge on any atom is -0.337 e. The topological polar surface area (TPSA) is 41.4 Å². The van der Waals surface area contributed by atoms with Crippen molar-refractivity contribution in [2.24, 2.45) is 0 Å². The van der Waals surface area contributed by atoms with Crippen molar-refractivity contribution in [1.82, 2.24) is 19.4 Å². The Kier molecular flexibility index (Phi) is 6.70. The molecule has 0 N–H and O–H groups in total. The molecule has 3 heterocycles. The van der Waals surface area contributed by atoms with Crippen LogP contribution in [0.15, 0.2) is 48.8 Å². The number of carbonyl (C=O) groups is 1. The van der Waals surface area contributed by atoms with Gasteiger partial charge in [-0.2, -0.15) is 0 Å². The van der Waals surface area contributed by atoms with E-state index < -0.39 is 0 Å². The number of amides is 1. The number of rotatable bonds is 4. The Morgan fingerprint density at radius 1 is 1.12 bits per heavy atom. The van der Waals surface area contributed by atoms with E-state index in [1.165, 1.54) is 17.6 Å². The number of imidazole rings is 1. The summed E-state index contributed by atoms with van der Waals surface area (Å²) in [6.07, 6.45) is 8.25. The molecule has 34 heavy (non-hydrogen) atoms. The highest BCUT2D eigenvalue weighted by Crippen LogP contribution is 2.32. The highest BCUT2D eigenvalue weighted by molar-refractivity contribution is 6.35. The van der Waals surface area contributed by atoms with Crippen molar-refractivity contribution in [3.8, 4) is 0 Å². The second-order valence-corrected chi connectivity index (χ2v) is 10.3. The smallest absolute Gasteiger partial charge is 0.240 e. The molecule has 178 valence electrons. The lowest BCUT2D eigenvalue weighted by molar-refractivity contribution is -0.137. The van der Waals surface area contributed by atoms with Crippen LogP contribution in [0.3, 0.4) is 0 Å². The summed E-state index contributed by atoms with van der Waals surface area (Å²) < 4.78 is 2.16. The van der Waals surface area contributed by atoms with Gasteiger partial charge in [-0.15, -0.1) is 0 Å². The number of benzene rings is 2. The van der Waals surface area contributed by atoms with E-state index in [1.54, 1.807) is 6.07 Å². The van der Waals surface area contributed by atoms with Crippen LogP contribution < -0.4 is 0 Å². The second kappa shape index (κ2) is 9.73. The van der Waals surface area contributed by atoms with Gasteiger partial charge in [-0.1, -0.05) is 47.8 Å². The van der Waals surface area contributed by atoms with Gasteiger partial charge in [0.05, 0.1) is 29.4 Å². The zero-order chi connectivity index (χ0) is 23.8. The third-order valence-electron chi connectivity index (χ3n) is 7.35. The van der Waals surface area contributed by atoms with E-state index in [0.29, 0.717) is 16.6 Å². The lowest BCUT2D eigenvalue weighted by Gasteiger charge is -2.36. The largest absolute Gasteiger partial charge is 0.337 e. The SMILES string of the molecule is CC(c1ccc(Cl)cc1Cl)n1cnc2ccc(C3=CCN(C(=O)[C@H]4CCCCN4C)CC3)cc21. The summed E-state index contributed by atoms with van der Waals surface area (Å²) in [4.78, 5) is 21.9. The third-order valence-corrected chi connectivity index (χ3v) is 7.91. The van der Waals surface area contributed by atoms with Gasteiger partial charge in [0.25, 0.3) is 0 Å². The molecule has 2 aromatic carbocycles. The van der Waals surface area contributed by atoms with E-state index in [-0.39, 0.29) is 18.0 Å². The standard InChI is InChI=1S/C27H30Cl2N4O/c1-18(22-8-7-21(28)16-23(22)29)33-17-30-24-9-6-20(15-26(24)33)19-10-13-32(14-11-19)27(34)25-5-3-4-12-31(25)2/h6-10,15-18,25H,3-5,11-14H2,1-2H3/t18?,25-/m1/s1. The van der Waals surface area contributed by atoms with Crippen molar-refractivity contribution in [3.63, 3.8) is 0 Å². The van der Waals surface area contributed by atoms with Crippen molar-refractivity contribution in [3.05, 3.63) is 70.0 Å². The molecule has 0 aliphatic carbocycles. The molecule has 2 atom stereocenters. The van der Waals surface area contributed by atoms with Crippen LogP contribution in [-0.4, -0.2) is 58.0 Å². The number of fused-ring (bicyclic) bond motifs is 1. The lowest BCUT2D eigenvalue weighted by atomic mass is 9.97. The van der Waals surface area contributed by atoms with E-state index in [9.17, 15) is 4.79 Å².